The minimum absolute atomic E-state index is 0.0119. The van der Waals surface area contributed by atoms with Gasteiger partial charge in [-0.05, 0) is 34.0 Å². The summed E-state index contributed by atoms with van der Waals surface area (Å²) >= 11 is 0. The van der Waals surface area contributed by atoms with Crippen LogP contribution in [0.5, 0.6) is 0 Å². The molecule has 0 aliphatic rings. The van der Waals surface area contributed by atoms with E-state index in [0.29, 0.717) is 12.2 Å². The predicted octanol–water partition coefficient (Wildman–Crippen LogP) is 0.845. The van der Waals surface area contributed by atoms with Crippen LogP contribution in [-0.4, -0.2) is 59.7 Å². The summed E-state index contributed by atoms with van der Waals surface area (Å²) < 4.78 is 1.84. The van der Waals surface area contributed by atoms with Crippen LogP contribution in [0.2, 0.25) is 0 Å². The molecule has 0 saturated carbocycles. The summed E-state index contributed by atoms with van der Waals surface area (Å²) in [5.74, 6) is -0.0119. The highest BCUT2D eigenvalue weighted by Gasteiger charge is 2.15. The van der Waals surface area contributed by atoms with Gasteiger partial charge >= 0.3 is 0 Å². The molecule has 0 unspecified atom stereocenters. The lowest BCUT2D eigenvalue weighted by atomic mass is 10.3. The monoisotopic (exact) mass is 238 g/mol. The zero-order valence-electron chi connectivity index (χ0n) is 11.4. The summed E-state index contributed by atoms with van der Waals surface area (Å²) in [5, 5.41) is 4.29. The summed E-state index contributed by atoms with van der Waals surface area (Å²) in [6.45, 7) is 6.34. The Hall–Kier alpha value is -1.36. The van der Waals surface area contributed by atoms with Gasteiger partial charge in [-0.1, -0.05) is 0 Å². The maximum Gasteiger partial charge on any atom is 0.274 e. The molecule has 1 rings (SSSR count). The molecule has 0 fully saturated rings. The second-order valence-corrected chi connectivity index (χ2v) is 4.52. The van der Waals surface area contributed by atoms with E-state index in [1.54, 1.807) is 4.90 Å². The second-order valence-electron chi connectivity index (χ2n) is 4.52. The number of aryl methyl sites for hydroxylation is 2. The average molecular weight is 238 g/mol. The third-order valence-corrected chi connectivity index (χ3v) is 2.73. The van der Waals surface area contributed by atoms with Crippen molar-refractivity contribution in [3.63, 3.8) is 0 Å². The van der Waals surface area contributed by atoms with Crippen LogP contribution in [0.3, 0.4) is 0 Å². The summed E-state index contributed by atoms with van der Waals surface area (Å²) in [4.78, 5) is 15.8. The lowest BCUT2D eigenvalue weighted by Gasteiger charge is -2.18. The lowest BCUT2D eigenvalue weighted by molar-refractivity contribution is 0.0779. The molecule has 0 N–H and O–H groups in total. The first-order valence-corrected chi connectivity index (χ1v) is 5.90. The number of hydrogen-bond donors (Lipinski definition) is 0. The van der Waals surface area contributed by atoms with E-state index in [4.69, 9.17) is 0 Å². The molecule has 1 aromatic rings. The molecular formula is C12H22N4O. The van der Waals surface area contributed by atoms with Crippen molar-refractivity contribution < 1.29 is 4.79 Å². The van der Waals surface area contributed by atoms with Gasteiger partial charge in [0, 0.05) is 32.4 Å². The molecule has 1 amide bonds. The number of aromatic nitrogens is 2. The largest absolute Gasteiger partial charge is 0.339 e. The molecule has 0 bridgehead atoms. The Morgan fingerprint density at radius 2 is 2.00 bits per heavy atom. The topological polar surface area (TPSA) is 41.4 Å². The zero-order valence-corrected chi connectivity index (χ0v) is 11.4. The van der Waals surface area contributed by atoms with Crippen molar-refractivity contribution in [1.82, 2.24) is 19.6 Å². The maximum atomic E-state index is 12.1. The normalized spacial score (nSPS) is 10.9. The summed E-state index contributed by atoms with van der Waals surface area (Å²) in [6.07, 6.45) is 0. The minimum Gasteiger partial charge on any atom is -0.339 e. The first kappa shape index (κ1) is 13.7. The molecule has 96 valence electrons. The fourth-order valence-corrected chi connectivity index (χ4v) is 1.58. The molecule has 1 heterocycles. The first-order chi connectivity index (χ1) is 7.95. The van der Waals surface area contributed by atoms with Gasteiger partial charge in [0.15, 0.2) is 5.69 Å². The quantitative estimate of drug-likeness (QED) is 0.763. The van der Waals surface area contributed by atoms with Crippen molar-refractivity contribution in [1.29, 1.82) is 0 Å². The molecule has 0 saturated heterocycles. The van der Waals surface area contributed by atoms with E-state index in [2.05, 4.69) is 10.00 Å². The van der Waals surface area contributed by atoms with Gasteiger partial charge in [-0.25, -0.2) is 0 Å². The van der Waals surface area contributed by atoms with Crippen LogP contribution in [0.15, 0.2) is 6.07 Å². The van der Waals surface area contributed by atoms with Crippen molar-refractivity contribution in [2.45, 2.75) is 20.4 Å². The van der Waals surface area contributed by atoms with Gasteiger partial charge in [0.2, 0.25) is 0 Å². The van der Waals surface area contributed by atoms with Crippen LogP contribution in [0.4, 0.5) is 0 Å². The summed E-state index contributed by atoms with van der Waals surface area (Å²) in [5.41, 5.74) is 1.56. The Bertz CT molecular complexity index is 384. The van der Waals surface area contributed by atoms with Crippen LogP contribution in [0.25, 0.3) is 0 Å². The van der Waals surface area contributed by atoms with E-state index in [9.17, 15) is 4.79 Å². The molecule has 0 aromatic carbocycles. The van der Waals surface area contributed by atoms with Gasteiger partial charge in [-0.15, -0.1) is 0 Å². The van der Waals surface area contributed by atoms with E-state index in [1.165, 1.54) is 0 Å². The molecular weight excluding hydrogens is 216 g/mol. The number of amides is 1. The molecule has 5 nitrogen and oxygen atoms in total. The van der Waals surface area contributed by atoms with E-state index < -0.39 is 0 Å². The summed E-state index contributed by atoms with van der Waals surface area (Å²) in [7, 11) is 5.80. The Morgan fingerprint density at radius 3 is 2.47 bits per heavy atom. The van der Waals surface area contributed by atoms with Crippen molar-refractivity contribution in [3.05, 3.63) is 17.5 Å². The highest BCUT2D eigenvalue weighted by atomic mass is 16.2. The lowest BCUT2D eigenvalue weighted by Crippen LogP contribution is -2.33. The first-order valence-electron chi connectivity index (χ1n) is 5.90. The molecule has 17 heavy (non-hydrogen) atoms. The average Bonchev–Trinajstić information content (AvgIpc) is 2.66. The Labute approximate surface area is 103 Å². The number of rotatable bonds is 5. The molecule has 0 aliphatic carbocycles. The number of nitrogens with zero attached hydrogens (tertiary/aromatic N) is 4. The highest BCUT2D eigenvalue weighted by molar-refractivity contribution is 5.92. The fourth-order valence-electron chi connectivity index (χ4n) is 1.58. The van der Waals surface area contributed by atoms with Gasteiger partial charge in [0.25, 0.3) is 5.91 Å². The van der Waals surface area contributed by atoms with Gasteiger partial charge in [-0.2, -0.15) is 5.10 Å². The van der Waals surface area contributed by atoms with E-state index in [0.717, 1.165) is 18.8 Å². The minimum atomic E-state index is -0.0119. The number of hydrogen-bond acceptors (Lipinski definition) is 3. The van der Waals surface area contributed by atoms with Gasteiger partial charge < -0.3 is 9.80 Å². The number of likely N-dealkylation sites (N-methyl/N-ethyl adjacent to an activating group) is 2. The zero-order chi connectivity index (χ0) is 13.0. The van der Waals surface area contributed by atoms with Crippen LogP contribution in [0, 0.1) is 6.92 Å². The number of carbonyl (C=O) groups is 1. The molecule has 0 spiro atoms. The van der Waals surface area contributed by atoms with Crippen molar-refractivity contribution in [2.24, 2.45) is 0 Å². The van der Waals surface area contributed by atoms with Gasteiger partial charge in [0.05, 0.1) is 0 Å². The highest BCUT2D eigenvalue weighted by Crippen LogP contribution is 2.05. The second kappa shape index (κ2) is 5.82. The molecule has 0 radical (unpaired) electrons. The predicted molar refractivity (Wildman–Crippen MR) is 68.2 cm³/mol. The third-order valence-electron chi connectivity index (χ3n) is 2.73. The Balaban J connectivity index is 2.68. The van der Waals surface area contributed by atoms with E-state index >= 15 is 0 Å². The van der Waals surface area contributed by atoms with E-state index in [1.807, 2.05) is 45.7 Å². The van der Waals surface area contributed by atoms with Crippen LogP contribution in [0.1, 0.15) is 23.1 Å². The van der Waals surface area contributed by atoms with Gasteiger partial charge in [-0.3, -0.25) is 9.48 Å². The van der Waals surface area contributed by atoms with Crippen molar-refractivity contribution in [3.8, 4) is 0 Å². The van der Waals surface area contributed by atoms with Crippen LogP contribution in [-0.2, 0) is 6.54 Å². The molecule has 5 heteroatoms. The van der Waals surface area contributed by atoms with Crippen molar-refractivity contribution in [2.75, 3.05) is 34.2 Å². The van der Waals surface area contributed by atoms with Gasteiger partial charge in [0.1, 0.15) is 0 Å². The smallest absolute Gasteiger partial charge is 0.274 e. The maximum absolute atomic E-state index is 12.1. The summed E-state index contributed by atoms with van der Waals surface area (Å²) in [6, 6.07) is 1.85. The van der Waals surface area contributed by atoms with Crippen LogP contribution >= 0.6 is 0 Å². The number of carbonyl (C=O) groups excluding carboxylic acids is 1. The Morgan fingerprint density at radius 1 is 1.35 bits per heavy atom. The van der Waals surface area contributed by atoms with E-state index in [-0.39, 0.29) is 5.91 Å². The Kier molecular flexibility index (Phi) is 4.69. The third kappa shape index (κ3) is 3.56. The fraction of sp³-hybridized carbons (Fsp3) is 0.667. The molecule has 0 atom stereocenters. The standard InChI is InChI=1S/C12H22N4O/c1-6-16-10(2)9-11(13-16)12(17)15(5)8-7-14(3)4/h9H,6-8H2,1-5H3. The van der Waals surface area contributed by atoms with Crippen LogP contribution < -0.4 is 0 Å². The SMILES string of the molecule is CCn1nc(C(=O)N(C)CCN(C)C)cc1C. The van der Waals surface area contributed by atoms with Crippen molar-refractivity contribution >= 4 is 5.91 Å². The molecule has 1 aromatic heterocycles. The molecule has 0 aliphatic heterocycles.